The lowest BCUT2D eigenvalue weighted by Gasteiger charge is -2.04. The van der Waals surface area contributed by atoms with Crippen molar-refractivity contribution in [3.8, 4) is 10.6 Å². The third-order valence-corrected chi connectivity index (χ3v) is 4.59. The van der Waals surface area contributed by atoms with Crippen LogP contribution in [0.1, 0.15) is 17.7 Å². The highest BCUT2D eigenvalue weighted by molar-refractivity contribution is 7.13. The maximum absolute atomic E-state index is 11.9. The van der Waals surface area contributed by atoms with E-state index in [1.807, 2.05) is 35.7 Å². The van der Waals surface area contributed by atoms with Crippen LogP contribution in [-0.2, 0) is 17.6 Å². The number of pyridine rings is 1. The van der Waals surface area contributed by atoms with Crippen LogP contribution in [0.25, 0.3) is 10.6 Å². The van der Waals surface area contributed by atoms with Gasteiger partial charge in [0.1, 0.15) is 5.01 Å². The Balaban J connectivity index is 1.42. The summed E-state index contributed by atoms with van der Waals surface area (Å²) in [6.45, 7) is 0.668. The van der Waals surface area contributed by atoms with Crippen LogP contribution in [0.15, 0.2) is 60.2 Å². The van der Waals surface area contributed by atoms with Gasteiger partial charge in [0.05, 0.1) is 5.69 Å². The van der Waals surface area contributed by atoms with E-state index < -0.39 is 0 Å². The molecule has 122 valence electrons. The molecule has 0 atom stereocenters. The zero-order chi connectivity index (χ0) is 16.6. The van der Waals surface area contributed by atoms with Crippen LogP contribution in [0.3, 0.4) is 0 Å². The first-order chi connectivity index (χ1) is 11.8. The molecule has 24 heavy (non-hydrogen) atoms. The van der Waals surface area contributed by atoms with Crippen LogP contribution in [-0.4, -0.2) is 22.4 Å². The molecule has 3 rings (SSSR count). The van der Waals surface area contributed by atoms with Crippen molar-refractivity contribution in [1.82, 2.24) is 15.3 Å². The molecule has 4 nitrogen and oxygen atoms in total. The van der Waals surface area contributed by atoms with Gasteiger partial charge in [0.25, 0.3) is 0 Å². The summed E-state index contributed by atoms with van der Waals surface area (Å²) in [5.74, 6) is 0.0712. The lowest BCUT2D eigenvalue weighted by molar-refractivity contribution is -0.121. The van der Waals surface area contributed by atoms with Gasteiger partial charge < -0.3 is 5.32 Å². The molecule has 0 radical (unpaired) electrons. The molecule has 3 aromatic rings. The fourth-order valence-corrected chi connectivity index (χ4v) is 3.21. The smallest absolute Gasteiger partial charge is 0.220 e. The van der Waals surface area contributed by atoms with Gasteiger partial charge in [-0.2, -0.15) is 0 Å². The molecule has 0 aliphatic carbocycles. The molecule has 0 saturated carbocycles. The summed E-state index contributed by atoms with van der Waals surface area (Å²) in [7, 11) is 0. The Morgan fingerprint density at radius 3 is 2.75 bits per heavy atom. The maximum Gasteiger partial charge on any atom is 0.220 e. The van der Waals surface area contributed by atoms with Gasteiger partial charge in [-0.1, -0.05) is 30.3 Å². The highest BCUT2D eigenvalue weighted by Crippen LogP contribution is 2.23. The summed E-state index contributed by atoms with van der Waals surface area (Å²) < 4.78 is 0. The van der Waals surface area contributed by atoms with E-state index in [2.05, 4.69) is 27.4 Å². The normalized spacial score (nSPS) is 10.5. The fraction of sp³-hybridized carbons (Fsp3) is 0.211. The van der Waals surface area contributed by atoms with Crippen LogP contribution in [0, 0.1) is 0 Å². The number of amides is 1. The number of aromatic nitrogens is 2. The quantitative estimate of drug-likeness (QED) is 0.718. The van der Waals surface area contributed by atoms with Crippen molar-refractivity contribution < 1.29 is 4.79 Å². The Bertz CT molecular complexity index is 772. The third kappa shape index (κ3) is 4.73. The second-order valence-electron chi connectivity index (χ2n) is 5.47. The molecule has 0 saturated heterocycles. The number of thiazole rings is 1. The predicted octanol–water partition coefficient (Wildman–Crippen LogP) is 3.50. The molecule has 2 aromatic heterocycles. The number of carbonyl (C=O) groups is 1. The summed E-state index contributed by atoms with van der Waals surface area (Å²) in [6.07, 6.45) is 5.53. The monoisotopic (exact) mass is 337 g/mol. The Labute approximate surface area is 145 Å². The zero-order valence-electron chi connectivity index (χ0n) is 13.3. The minimum Gasteiger partial charge on any atom is -0.356 e. The van der Waals surface area contributed by atoms with Crippen LogP contribution >= 0.6 is 11.3 Å². The molecule has 0 aliphatic heterocycles. The van der Waals surface area contributed by atoms with E-state index in [1.165, 1.54) is 5.56 Å². The summed E-state index contributed by atoms with van der Waals surface area (Å²) >= 11 is 1.59. The molecular weight excluding hydrogens is 318 g/mol. The second-order valence-corrected chi connectivity index (χ2v) is 6.33. The van der Waals surface area contributed by atoms with Crippen LogP contribution in [0.5, 0.6) is 0 Å². The molecule has 0 aliphatic rings. The Kier molecular flexibility index (Phi) is 5.69. The van der Waals surface area contributed by atoms with Gasteiger partial charge >= 0.3 is 0 Å². The Morgan fingerprint density at radius 2 is 1.96 bits per heavy atom. The molecule has 1 aromatic carbocycles. The van der Waals surface area contributed by atoms with Crippen molar-refractivity contribution in [3.05, 3.63) is 71.5 Å². The van der Waals surface area contributed by atoms with E-state index >= 15 is 0 Å². The number of nitrogens with zero attached hydrogens (tertiary/aromatic N) is 2. The lowest BCUT2D eigenvalue weighted by Crippen LogP contribution is -2.25. The number of aryl methyl sites for hydroxylation is 1. The number of nitrogens with one attached hydrogen (secondary N) is 1. The Hall–Kier alpha value is -2.53. The van der Waals surface area contributed by atoms with Gasteiger partial charge in [0.15, 0.2) is 0 Å². The average molecular weight is 337 g/mol. The van der Waals surface area contributed by atoms with E-state index in [-0.39, 0.29) is 5.91 Å². The van der Waals surface area contributed by atoms with Gasteiger partial charge in [-0.25, -0.2) is 4.98 Å². The topological polar surface area (TPSA) is 54.9 Å². The van der Waals surface area contributed by atoms with E-state index in [1.54, 1.807) is 23.7 Å². The number of benzene rings is 1. The number of carbonyl (C=O) groups excluding carboxylic acids is 1. The van der Waals surface area contributed by atoms with E-state index in [9.17, 15) is 4.79 Å². The van der Waals surface area contributed by atoms with Crippen molar-refractivity contribution in [2.45, 2.75) is 19.3 Å². The van der Waals surface area contributed by atoms with Crippen molar-refractivity contribution in [1.29, 1.82) is 0 Å². The first-order valence-electron chi connectivity index (χ1n) is 7.97. The molecule has 0 spiro atoms. The Morgan fingerprint density at radius 1 is 1.08 bits per heavy atom. The molecule has 5 heteroatoms. The van der Waals surface area contributed by atoms with Gasteiger partial charge in [0.2, 0.25) is 5.91 Å². The SMILES string of the molecule is O=C(CCc1csc(-c2cccnc2)n1)NCCc1ccccc1. The van der Waals surface area contributed by atoms with Gasteiger partial charge in [-0.15, -0.1) is 11.3 Å². The third-order valence-electron chi connectivity index (χ3n) is 3.65. The van der Waals surface area contributed by atoms with E-state index in [0.29, 0.717) is 19.4 Å². The van der Waals surface area contributed by atoms with Crippen molar-refractivity contribution >= 4 is 17.2 Å². The second kappa shape index (κ2) is 8.36. The van der Waals surface area contributed by atoms with E-state index in [4.69, 9.17) is 0 Å². The summed E-state index contributed by atoms with van der Waals surface area (Å²) in [4.78, 5) is 20.6. The van der Waals surface area contributed by atoms with Gasteiger partial charge in [0, 0.05) is 36.3 Å². The fourth-order valence-electron chi connectivity index (χ4n) is 2.36. The summed E-state index contributed by atoms with van der Waals surface area (Å²) in [6, 6.07) is 14.1. The van der Waals surface area contributed by atoms with Crippen molar-refractivity contribution in [2.75, 3.05) is 6.54 Å². The number of hydrogen-bond acceptors (Lipinski definition) is 4. The molecule has 0 unspecified atom stereocenters. The van der Waals surface area contributed by atoms with Crippen LogP contribution in [0.4, 0.5) is 0 Å². The predicted molar refractivity (Wildman–Crippen MR) is 96.8 cm³/mol. The highest BCUT2D eigenvalue weighted by Gasteiger charge is 2.07. The molecule has 0 fully saturated rings. The largest absolute Gasteiger partial charge is 0.356 e. The minimum atomic E-state index is 0.0712. The zero-order valence-corrected chi connectivity index (χ0v) is 14.1. The van der Waals surface area contributed by atoms with Crippen molar-refractivity contribution in [2.24, 2.45) is 0 Å². The maximum atomic E-state index is 11.9. The number of hydrogen-bond donors (Lipinski definition) is 1. The number of rotatable bonds is 7. The standard InChI is InChI=1S/C19H19N3OS/c23-18(21-12-10-15-5-2-1-3-6-15)9-8-17-14-24-19(22-17)16-7-4-11-20-13-16/h1-7,11,13-14H,8-10,12H2,(H,21,23). The highest BCUT2D eigenvalue weighted by atomic mass is 32.1. The minimum absolute atomic E-state index is 0.0712. The summed E-state index contributed by atoms with van der Waals surface area (Å²) in [5.41, 5.74) is 3.21. The van der Waals surface area contributed by atoms with Crippen LogP contribution < -0.4 is 5.32 Å². The van der Waals surface area contributed by atoms with Crippen LogP contribution in [0.2, 0.25) is 0 Å². The molecule has 1 N–H and O–H groups in total. The molecular formula is C19H19N3OS. The molecule has 2 heterocycles. The average Bonchev–Trinajstić information content (AvgIpc) is 3.11. The van der Waals surface area contributed by atoms with E-state index in [0.717, 1.165) is 22.7 Å². The molecule has 1 amide bonds. The van der Waals surface area contributed by atoms with Gasteiger partial charge in [-0.05, 0) is 30.5 Å². The lowest BCUT2D eigenvalue weighted by atomic mass is 10.1. The van der Waals surface area contributed by atoms with Crippen molar-refractivity contribution in [3.63, 3.8) is 0 Å². The molecule has 0 bridgehead atoms. The first kappa shape index (κ1) is 16.3. The first-order valence-corrected chi connectivity index (χ1v) is 8.84. The summed E-state index contributed by atoms with van der Waals surface area (Å²) in [5, 5.41) is 5.93. The van der Waals surface area contributed by atoms with Gasteiger partial charge in [-0.3, -0.25) is 9.78 Å².